The van der Waals surface area contributed by atoms with Gasteiger partial charge < -0.3 is 4.74 Å². The number of anilines is 1. The Hall–Kier alpha value is -2.30. The molecule has 0 saturated heterocycles. The van der Waals surface area contributed by atoms with Crippen molar-refractivity contribution < 1.29 is 9.53 Å². The molecule has 0 aliphatic heterocycles. The van der Waals surface area contributed by atoms with Crippen molar-refractivity contribution in [3.8, 4) is 5.69 Å². The van der Waals surface area contributed by atoms with E-state index in [4.69, 9.17) is 4.74 Å². The fourth-order valence-corrected chi connectivity index (χ4v) is 2.21. The molecule has 1 heterocycles. The van der Waals surface area contributed by atoms with E-state index in [1.165, 1.54) is 0 Å². The van der Waals surface area contributed by atoms with Crippen molar-refractivity contribution in [1.82, 2.24) is 9.78 Å². The molecule has 0 saturated carbocycles. The summed E-state index contributed by atoms with van der Waals surface area (Å²) in [5.41, 5.74) is 3.24. The maximum absolute atomic E-state index is 11.9. The second-order valence-electron chi connectivity index (χ2n) is 6.24. The maximum Gasteiger partial charge on any atom is 0.412 e. The van der Waals surface area contributed by atoms with Gasteiger partial charge in [0.25, 0.3) is 0 Å². The van der Waals surface area contributed by atoms with Gasteiger partial charge >= 0.3 is 6.09 Å². The zero-order chi connectivity index (χ0) is 16.3. The van der Waals surface area contributed by atoms with Crippen LogP contribution in [0.3, 0.4) is 0 Å². The van der Waals surface area contributed by atoms with E-state index < -0.39 is 11.7 Å². The van der Waals surface area contributed by atoms with Crippen LogP contribution in [0.4, 0.5) is 10.5 Å². The first-order chi connectivity index (χ1) is 10.3. The van der Waals surface area contributed by atoms with E-state index in [9.17, 15) is 4.79 Å². The number of rotatable bonds is 3. The summed E-state index contributed by atoms with van der Waals surface area (Å²) in [5, 5.41) is 7.17. The number of aryl methyl sites for hydroxylation is 1. The van der Waals surface area contributed by atoms with Gasteiger partial charge in [-0.05, 0) is 51.8 Å². The molecule has 0 fully saturated rings. The van der Waals surface area contributed by atoms with Crippen molar-refractivity contribution >= 4 is 11.8 Å². The zero-order valence-corrected chi connectivity index (χ0v) is 13.8. The maximum atomic E-state index is 11.9. The molecule has 0 unspecified atom stereocenters. The quantitative estimate of drug-likeness (QED) is 0.929. The van der Waals surface area contributed by atoms with Crippen molar-refractivity contribution in [1.29, 1.82) is 0 Å². The summed E-state index contributed by atoms with van der Waals surface area (Å²) >= 11 is 0. The average Bonchev–Trinajstić information content (AvgIpc) is 2.79. The molecule has 2 aromatic rings. The molecule has 5 heteroatoms. The molecule has 1 amide bonds. The number of hydrogen-bond acceptors (Lipinski definition) is 3. The van der Waals surface area contributed by atoms with Crippen LogP contribution in [0.1, 0.15) is 39.0 Å². The Balaban J connectivity index is 2.26. The summed E-state index contributed by atoms with van der Waals surface area (Å²) in [6, 6.07) is 8.09. The molecule has 0 aliphatic carbocycles. The van der Waals surface area contributed by atoms with E-state index in [-0.39, 0.29) is 0 Å². The van der Waals surface area contributed by atoms with E-state index in [2.05, 4.69) is 16.5 Å². The van der Waals surface area contributed by atoms with E-state index in [1.54, 1.807) is 6.20 Å². The number of ether oxygens (including phenoxy) is 1. The van der Waals surface area contributed by atoms with Gasteiger partial charge in [0.1, 0.15) is 5.60 Å². The molecule has 1 aromatic heterocycles. The normalized spacial score (nSPS) is 11.3. The number of benzene rings is 1. The Kier molecular flexibility index (Phi) is 4.54. The molecular formula is C17H23N3O2. The van der Waals surface area contributed by atoms with Crippen LogP contribution in [0.15, 0.2) is 30.5 Å². The van der Waals surface area contributed by atoms with Crippen LogP contribution in [0.25, 0.3) is 5.69 Å². The fraction of sp³-hybridized carbons (Fsp3) is 0.412. The molecule has 0 radical (unpaired) electrons. The first kappa shape index (κ1) is 16.1. The van der Waals surface area contributed by atoms with Crippen LogP contribution in [-0.4, -0.2) is 21.5 Å². The van der Waals surface area contributed by atoms with Crippen molar-refractivity contribution in [3.63, 3.8) is 0 Å². The number of aromatic nitrogens is 2. The number of nitrogens with one attached hydrogen (secondary N) is 1. The molecule has 22 heavy (non-hydrogen) atoms. The molecule has 118 valence electrons. The van der Waals surface area contributed by atoms with E-state index in [0.29, 0.717) is 5.69 Å². The molecule has 2 rings (SSSR count). The predicted molar refractivity (Wildman–Crippen MR) is 87.5 cm³/mol. The molecule has 0 aliphatic rings. The lowest BCUT2D eigenvalue weighted by Gasteiger charge is -2.19. The zero-order valence-electron chi connectivity index (χ0n) is 13.8. The van der Waals surface area contributed by atoms with Crippen molar-refractivity contribution in [3.05, 3.63) is 41.7 Å². The van der Waals surface area contributed by atoms with Crippen LogP contribution in [0, 0.1) is 6.92 Å². The van der Waals surface area contributed by atoms with Crippen LogP contribution in [0.5, 0.6) is 0 Å². The standard InChI is InChI=1S/C17H23N3O2/c1-6-15-14(19-16(21)22-17(3,4)5)11-18-20(15)13-9-7-8-12(2)10-13/h7-11H,6H2,1-5H3,(H,19,21). The van der Waals surface area contributed by atoms with E-state index in [1.807, 2.05) is 57.5 Å². The number of carbonyl (C=O) groups is 1. The molecule has 0 spiro atoms. The topological polar surface area (TPSA) is 56.1 Å². The second-order valence-corrected chi connectivity index (χ2v) is 6.24. The highest BCUT2D eigenvalue weighted by Gasteiger charge is 2.19. The van der Waals surface area contributed by atoms with Crippen molar-refractivity contribution in [2.24, 2.45) is 0 Å². The van der Waals surface area contributed by atoms with Gasteiger partial charge in [0.05, 0.1) is 23.3 Å². The van der Waals surface area contributed by atoms with Gasteiger partial charge in [-0.1, -0.05) is 19.1 Å². The van der Waals surface area contributed by atoms with Gasteiger partial charge in [0.15, 0.2) is 0 Å². The molecular weight excluding hydrogens is 278 g/mol. The summed E-state index contributed by atoms with van der Waals surface area (Å²) in [5.74, 6) is 0. The minimum atomic E-state index is -0.525. The van der Waals surface area contributed by atoms with Gasteiger partial charge in [0, 0.05) is 0 Å². The second kappa shape index (κ2) is 6.22. The minimum absolute atomic E-state index is 0.467. The molecule has 0 atom stereocenters. The highest BCUT2D eigenvalue weighted by molar-refractivity contribution is 5.85. The van der Waals surface area contributed by atoms with Crippen molar-refractivity contribution in [2.45, 2.75) is 46.6 Å². The predicted octanol–water partition coefficient (Wildman–Crippen LogP) is 4.09. The lowest BCUT2D eigenvalue weighted by molar-refractivity contribution is 0.0636. The number of nitrogens with zero attached hydrogens (tertiary/aromatic N) is 2. The summed E-state index contributed by atoms with van der Waals surface area (Å²) in [7, 11) is 0. The highest BCUT2D eigenvalue weighted by atomic mass is 16.6. The van der Waals surface area contributed by atoms with E-state index >= 15 is 0 Å². The first-order valence-corrected chi connectivity index (χ1v) is 7.44. The number of amides is 1. The van der Waals surface area contributed by atoms with E-state index in [0.717, 1.165) is 23.4 Å². The lowest BCUT2D eigenvalue weighted by Crippen LogP contribution is -2.27. The average molecular weight is 301 g/mol. The smallest absolute Gasteiger partial charge is 0.412 e. The summed E-state index contributed by atoms with van der Waals surface area (Å²) in [6.45, 7) is 9.58. The SMILES string of the molecule is CCc1c(NC(=O)OC(C)(C)C)cnn1-c1cccc(C)c1. The molecule has 5 nitrogen and oxygen atoms in total. The van der Waals surface area contributed by atoms with Gasteiger partial charge in [-0.25, -0.2) is 9.48 Å². The number of carbonyl (C=O) groups excluding carboxylic acids is 1. The monoisotopic (exact) mass is 301 g/mol. The summed E-state index contributed by atoms with van der Waals surface area (Å²) < 4.78 is 7.14. The summed E-state index contributed by atoms with van der Waals surface area (Å²) in [6.07, 6.45) is 1.94. The highest BCUT2D eigenvalue weighted by Crippen LogP contribution is 2.21. The van der Waals surface area contributed by atoms with Gasteiger partial charge in [-0.15, -0.1) is 0 Å². The Morgan fingerprint density at radius 2 is 2.09 bits per heavy atom. The van der Waals surface area contributed by atoms with Crippen LogP contribution < -0.4 is 5.32 Å². The van der Waals surface area contributed by atoms with Crippen LogP contribution >= 0.6 is 0 Å². The third-order valence-corrected chi connectivity index (χ3v) is 3.09. The number of hydrogen-bond donors (Lipinski definition) is 1. The lowest BCUT2D eigenvalue weighted by atomic mass is 10.2. The molecule has 1 aromatic carbocycles. The minimum Gasteiger partial charge on any atom is -0.444 e. The van der Waals surface area contributed by atoms with Gasteiger partial charge in [0.2, 0.25) is 0 Å². The Labute approximate surface area is 131 Å². The fourth-order valence-electron chi connectivity index (χ4n) is 2.21. The summed E-state index contributed by atoms with van der Waals surface area (Å²) in [4.78, 5) is 11.9. The molecule has 0 bridgehead atoms. The Bertz CT molecular complexity index is 669. The van der Waals surface area contributed by atoms with Crippen LogP contribution in [-0.2, 0) is 11.2 Å². The third kappa shape index (κ3) is 3.87. The van der Waals surface area contributed by atoms with Crippen LogP contribution in [0.2, 0.25) is 0 Å². The first-order valence-electron chi connectivity index (χ1n) is 7.44. The third-order valence-electron chi connectivity index (χ3n) is 3.09. The van der Waals surface area contributed by atoms with Gasteiger partial charge in [-0.2, -0.15) is 5.10 Å². The molecule has 1 N–H and O–H groups in total. The largest absolute Gasteiger partial charge is 0.444 e. The van der Waals surface area contributed by atoms with Gasteiger partial charge in [-0.3, -0.25) is 5.32 Å². The Morgan fingerprint density at radius 1 is 1.36 bits per heavy atom. The van der Waals surface area contributed by atoms with Crippen molar-refractivity contribution in [2.75, 3.05) is 5.32 Å². The Morgan fingerprint density at radius 3 is 2.68 bits per heavy atom.